The van der Waals surface area contributed by atoms with Gasteiger partial charge in [-0.3, -0.25) is 14.4 Å². The predicted octanol–water partition coefficient (Wildman–Crippen LogP) is 1.76. The maximum Gasteiger partial charge on any atom is 0.239 e. The number of carbonyl (C=O) groups is 3. The topological polar surface area (TPSA) is 100 Å². The van der Waals surface area contributed by atoms with E-state index in [2.05, 4.69) is 16.0 Å². The molecule has 0 fully saturated rings. The maximum atomic E-state index is 11.8. The molecule has 2 rings (SSSR count). The van der Waals surface area contributed by atoms with Crippen LogP contribution in [0.2, 0.25) is 0 Å². The van der Waals surface area contributed by atoms with Crippen LogP contribution < -0.4 is 16.0 Å². The number of carbonyl (C=O) groups excluding carboxylic acids is 3. The van der Waals surface area contributed by atoms with Crippen molar-refractivity contribution in [2.45, 2.75) is 18.4 Å². The molecular weight excluding hydrogens is 342 g/mol. The Morgan fingerprint density at radius 3 is 2.44 bits per heavy atom. The minimum absolute atomic E-state index is 0.0818. The second-order valence-electron chi connectivity index (χ2n) is 5.13. The Labute approximate surface area is 149 Å². The van der Waals surface area contributed by atoms with Gasteiger partial charge in [0.05, 0.1) is 25.1 Å². The van der Waals surface area contributed by atoms with E-state index < -0.39 is 0 Å². The number of rotatable bonds is 8. The van der Waals surface area contributed by atoms with Gasteiger partial charge in [0.15, 0.2) is 0 Å². The fraction of sp³-hybridized carbons (Fsp3) is 0.235. The molecule has 0 radical (unpaired) electrons. The van der Waals surface area contributed by atoms with Gasteiger partial charge in [-0.25, -0.2) is 0 Å². The molecule has 7 nitrogen and oxygen atoms in total. The highest BCUT2D eigenvalue weighted by Crippen LogP contribution is 2.20. The van der Waals surface area contributed by atoms with Gasteiger partial charge in [-0.2, -0.15) is 0 Å². The lowest BCUT2D eigenvalue weighted by Crippen LogP contribution is -2.37. The van der Waals surface area contributed by atoms with Crippen LogP contribution in [0, 0.1) is 0 Å². The zero-order chi connectivity index (χ0) is 18.1. The molecule has 0 aliphatic heterocycles. The number of furan rings is 1. The van der Waals surface area contributed by atoms with Crippen molar-refractivity contribution >= 4 is 35.2 Å². The molecule has 25 heavy (non-hydrogen) atoms. The Morgan fingerprint density at radius 1 is 1.04 bits per heavy atom. The van der Waals surface area contributed by atoms with Crippen LogP contribution in [0.1, 0.15) is 12.7 Å². The highest BCUT2D eigenvalue weighted by atomic mass is 32.2. The maximum absolute atomic E-state index is 11.8. The van der Waals surface area contributed by atoms with Gasteiger partial charge in [-0.05, 0) is 36.4 Å². The quantitative estimate of drug-likeness (QED) is 0.622. The minimum Gasteiger partial charge on any atom is -0.467 e. The number of anilines is 1. The lowest BCUT2D eigenvalue weighted by atomic mass is 10.3. The molecule has 3 amide bonds. The molecule has 0 saturated heterocycles. The van der Waals surface area contributed by atoms with Crippen LogP contribution in [-0.2, 0) is 20.9 Å². The summed E-state index contributed by atoms with van der Waals surface area (Å²) in [6.07, 6.45) is 1.53. The molecule has 0 saturated carbocycles. The highest BCUT2D eigenvalue weighted by Gasteiger charge is 2.07. The van der Waals surface area contributed by atoms with E-state index >= 15 is 0 Å². The first-order valence-electron chi connectivity index (χ1n) is 7.59. The number of amides is 3. The molecule has 8 heteroatoms. The van der Waals surface area contributed by atoms with Crippen LogP contribution in [-0.4, -0.2) is 30.0 Å². The van der Waals surface area contributed by atoms with Crippen molar-refractivity contribution in [3.8, 4) is 0 Å². The van der Waals surface area contributed by atoms with Gasteiger partial charge in [0.2, 0.25) is 17.7 Å². The van der Waals surface area contributed by atoms with E-state index in [1.165, 1.54) is 24.9 Å². The summed E-state index contributed by atoms with van der Waals surface area (Å²) in [5.41, 5.74) is 0.703. The van der Waals surface area contributed by atoms with E-state index in [0.717, 1.165) is 4.90 Å². The first-order chi connectivity index (χ1) is 12.0. The molecular formula is C17H19N3O4S. The fourth-order valence-corrected chi connectivity index (χ4v) is 2.61. The standard InChI is InChI=1S/C17H19N3O4S/c1-12(21)20-13-4-6-15(7-5-13)25-11-17(23)19-10-16(22)18-9-14-3-2-8-24-14/h2-8H,9-11H2,1H3,(H,18,22)(H,19,23)(H,20,21). The Balaban J connectivity index is 1.64. The summed E-state index contributed by atoms with van der Waals surface area (Å²) in [5.74, 6) is 0.201. The molecule has 132 valence electrons. The SMILES string of the molecule is CC(=O)Nc1ccc(SCC(=O)NCC(=O)NCc2ccco2)cc1. The Hall–Kier alpha value is -2.74. The van der Waals surface area contributed by atoms with Gasteiger partial charge in [-0.15, -0.1) is 11.8 Å². The Kier molecular flexibility index (Phi) is 7.09. The van der Waals surface area contributed by atoms with Crippen molar-refractivity contribution in [1.82, 2.24) is 10.6 Å². The van der Waals surface area contributed by atoms with Gasteiger partial charge in [0.25, 0.3) is 0 Å². The summed E-state index contributed by atoms with van der Waals surface area (Å²) in [5, 5.41) is 7.88. The largest absolute Gasteiger partial charge is 0.467 e. The number of benzene rings is 1. The van der Waals surface area contributed by atoms with Crippen molar-refractivity contribution < 1.29 is 18.8 Å². The number of thioether (sulfide) groups is 1. The van der Waals surface area contributed by atoms with E-state index in [0.29, 0.717) is 11.4 Å². The summed E-state index contributed by atoms with van der Waals surface area (Å²) < 4.78 is 5.10. The summed E-state index contributed by atoms with van der Waals surface area (Å²) in [7, 11) is 0. The van der Waals surface area contributed by atoms with Gasteiger partial charge in [0.1, 0.15) is 5.76 Å². The van der Waals surface area contributed by atoms with Gasteiger partial charge in [0, 0.05) is 17.5 Å². The van der Waals surface area contributed by atoms with Crippen LogP contribution in [0.15, 0.2) is 52.0 Å². The van der Waals surface area contributed by atoms with E-state index in [1.54, 1.807) is 24.3 Å². The van der Waals surface area contributed by atoms with Crippen molar-refractivity contribution in [3.05, 3.63) is 48.4 Å². The molecule has 0 aliphatic carbocycles. The summed E-state index contributed by atoms with van der Waals surface area (Å²) in [6, 6.07) is 10.7. The highest BCUT2D eigenvalue weighted by molar-refractivity contribution is 8.00. The van der Waals surface area contributed by atoms with Crippen LogP contribution in [0.25, 0.3) is 0 Å². The predicted molar refractivity (Wildman–Crippen MR) is 95.0 cm³/mol. The number of nitrogens with one attached hydrogen (secondary N) is 3. The third-order valence-corrected chi connectivity index (χ3v) is 4.04. The van der Waals surface area contributed by atoms with Gasteiger partial charge >= 0.3 is 0 Å². The molecule has 0 aliphatic rings. The lowest BCUT2D eigenvalue weighted by molar-refractivity contribution is -0.124. The van der Waals surface area contributed by atoms with E-state index in [9.17, 15) is 14.4 Å². The first-order valence-corrected chi connectivity index (χ1v) is 8.58. The first kappa shape index (κ1) is 18.6. The molecule has 1 heterocycles. The van der Waals surface area contributed by atoms with E-state index in [-0.39, 0.29) is 36.6 Å². The average Bonchev–Trinajstić information content (AvgIpc) is 3.10. The van der Waals surface area contributed by atoms with Crippen molar-refractivity contribution in [1.29, 1.82) is 0 Å². The van der Waals surface area contributed by atoms with E-state index in [4.69, 9.17) is 4.42 Å². The van der Waals surface area contributed by atoms with Crippen LogP contribution in [0.4, 0.5) is 5.69 Å². The number of hydrogen-bond acceptors (Lipinski definition) is 5. The zero-order valence-corrected chi connectivity index (χ0v) is 14.5. The lowest BCUT2D eigenvalue weighted by Gasteiger charge is -2.07. The monoisotopic (exact) mass is 361 g/mol. The number of hydrogen-bond donors (Lipinski definition) is 3. The van der Waals surface area contributed by atoms with E-state index in [1.807, 2.05) is 12.1 Å². The van der Waals surface area contributed by atoms with Crippen LogP contribution in [0.3, 0.4) is 0 Å². The third-order valence-electron chi connectivity index (χ3n) is 3.03. The molecule has 0 unspecified atom stereocenters. The molecule has 1 aromatic heterocycles. The average molecular weight is 361 g/mol. The van der Waals surface area contributed by atoms with Gasteiger partial charge < -0.3 is 20.4 Å². The smallest absolute Gasteiger partial charge is 0.239 e. The van der Waals surface area contributed by atoms with Gasteiger partial charge in [-0.1, -0.05) is 0 Å². The van der Waals surface area contributed by atoms with Crippen molar-refractivity contribution in [2.75, 3.05) is 17.6 Å². The molecule has 0 spiro atoms. The Bertz CT molecular complexity index is 714. The van der Waals surface area contributed by atoms with Crippen molar-refractivity contribution in [3.63, 3.8) is 0 Å². The third kappa shape index (κ3) is 7.13. The summed E-state index contributed by atoms with van der Waals surface area (Å²) in [4.78, 5) is 35.3. The normalized spacial score (nSPS) is 10.1. The van der Waals surface area contributed by atoms with Crippen LogP contribution >= 0.6 is 11.8 Å². The molecule has 0 bridgehead atoms. The zero-order valence-electron chi connectivity index (χ0n) is 13.7. The van der Waals surface area contributed by atoms with Crippen LogP contribution in [0.5, 0.6) is 0 Å². The second-order valence-corrected chi connectivity index (χ2v) is 6.18. The summed E-state index contributed by atoms with van der Waals surface area (Å²) in [6.45, 7) is 1.65. The molecule has 1 aromatic carbocycles. The summed E-state index contributed by atoms with van der Waals surface area (Å²) >= 11 is 1.35. The molecule has 3 N–H and O–H groups in total. The molecule has 2 aromatic rings. The second kappa shape index (κ2) is 9.53. The van der Waals surface area contributed by atoms with Crippen molar-refractivity contribution in [2.24, 2.45) is 0 Å². The molecule has 0 atom stereocenters. The fourth-order valence-electron chi connectivity index (χ4n) is 1.88. The Morgan fingerprint density at radius 2 is 1.80 bits per heavy atom. The minimum atomic E-state index is -0.283.